The van der Waals surface area contributed by atoms with Gasteiger partial charge in [0.15, 0.2) is 69.4 Å². The van der Waals surface area contributed by atoms with Crippen molar-refractivity contribution < 1.29 is 2.85 Å². The summed E-state index contributed by atoms with van der Waals surface area (Å²) >= 11 is 0. The van der Waals surface area contributed by atoms with Crippen molar-refractivity contribution in [3.05, 3.63) is 0 Å². The van der Waals surface area contributed by atoms with E-state index >= 15 is 0 Å². The van der Waals surface area contributed by atoms with Gasteiger partial charge in [0.2, 0.25) is 0 Å². The van der Waals surface area contributed by atoms with Crippen LogP contribution in [0.1, 0.15) is 2.85 Å². The largest absolute Gasteiger partial charge is 2.00 e. The molecule has 0 nitrogen and oxygen atoms in total. The van der Waals surface area contributed by atoms with Crippen LogP contribution in [0.25, 0.3) is 0 Å². The molecule has 28 valence electrons. The van der Waals surface area contributed by atoms with Crippen molar-refractivity contribution in [3.8, 4) is 0 Å². The van der Waals surface area contributed by atoms with E-state index in [4.69, 9.17) is 0 Å². The SMILES string of the molecule is [AlH3].[AlH3].[AlH3].[AlH3].[H-].[H-].[Sr+2]. The Hall–Kier alpha value is 3.61. The fraction of sp³-hybridized carbons (Fsp3) is 0. The maximum Gasteiger partial charge on any atom is 2.00 e. The van der Waals surface area contributed by atoms with Gasteiger partial charge in [0.05, 0.1) is 0 Å². The van der Waals surface area contributed by atoms with E-state index < -0.39 is 0 Å². The second-order valence-corrected chi connectivity index (χ2v) is 0. The molecule has 0 radical (unpaired) electrons. The molecule has 0 N–H and O–H groups in total. The summed E-state index contributed by atoms with van der Waals surface area (Å²) in [7, 11) is 0. The van der Waals surface area contributed by atoms with Gasteiger partial charge in [-0.05, 0) is 0 Å². The van der Waals surface area contributed by atoms with Gasteiger partial charge in [-0.1, -0.05) is 0 Å². The molecule has 0 aliphatic heterocycles. The molecule has 0 aliphatic rings. The molecule has 5 heavy (non-hydrogen) atoms. The Kier molecular flexibility index (Phi) is 195. The summed E-state index contributed by atoms with van der Waals surface area (Å²) in [4.78, 5) is 0. The molecule has 0 spiro atoms. The first-order valence-electron chi connectivity index (χ1n) is 0. The molecule has 0 saturated heterocycles. The first-order valence-corrected chi connectivity index (χ1v) is 0. The van der Waals surface area contributed by atoms with Gasteiger partial charge in [-0.2, -0.15) is 0 Å². The van der Waals surface area contributed by atoms with Crippen LogP contribution >= 0.6 is 0 Å². The van der Waals surface area contributed by atoms with E-state index in [-0.39, 0.29) is 118 Å². The summed E-state index contributed by atoms with van der Waals surface area (Å²) < 4.78 is 0. The molecular formula is H14Al4Sr. The Morgan fingerprint density at radius 1 is 0.600 bits per heavy atom. The summed E-state index contributed by atoms with van der Waals surface area (Å²) in [5.74, 6) is 0. The molecule has 0 unspecified atom stereocenters. The van der Waals surface area contributed by atoms with E-state index in [1.165, 1.54) is 0 Å². The maximum absolute atomic E-state index is 0. The topological polar surface area (TPSA) is 0 Å². The van der Waals surface area contributed by atoms with Crippen LogP contribution in [0.2, 0.25) is 0 Å². The first kappa shape index (κ1) is 38.3. The molecule has 0 atom stereocenters. The van der Waals surface area contributed by atoms with E-state index in [0.29, 0.717) is 0 Å². The van der Waals surface area contributed by atoms with Gasteiger partial charge in [0.1, 0.15) is 0 Å². The predicted molar refractivity (Wildman–Crippen MR) is 47.7 cm³/mol. The van der Waals surface area contributed by atoms with Crippen molar-refractivity contribution in [2.75, 3.05) is 0 Å². The van der Waals surface area contributed by atoms with Crippen LogP contribution in [0.5, 0.6) is 0 Å². The van der Waals surface area contributed by atoms with Gasteiger partial charge >= 0.3 is 45.5 Å². The van der Waals surface area contributed by atoms with Crippen LogP contribution in [0.4, 0.5) is 0 Å². The smallest absolute Gasteiger partial charge is 1.00 e. The van der Waals surface area contributed by atoms with Gasteiger partial charge in [-0.25, -0.2) is 0 Å². The Labute approximate surface area is 115 Å². The van der Waals surface area contributed by atoms with Crippen molar-refractivity contribution in [2.24, 2.45) is 0 Å². The van der Waals surface area contributed by atoms with Crippen LogP contribution in [0, 0.1) is 0 Å². The zero-order valence-electron chi connectivity index (χ0n) is 2.71. The normalized spacial score (nSPS) is 0. The second kappa shape index (κ2) is 25.5. The molecule has 0 aromatic carbocycles. The fourth-order valence-corrected chi connectivity index (χ4v) is 0. The molecule has 0 aliphatic carbocycles. The third kappa shape index (κ3) is 18.4. The average Bonchev–Trinajstić information content (AvgIpc) is 0. The molecule has 0 bridgehead atoms. The summed E-state index contributed by atoms with van der Waals surface area (Å²) in [6, 6.07) is 0. The molecule has 0 aromatic heterocycles. The molecule has 0 heterocycles. The second-order valence-electron chi connectivity index (χ2n) is 0. The van der Waals surface area contributed by atoms with Gasteiger partial charge in [0.25, 0.3) is 0 Å². The number of rotatable bonds is 0. The van der Waals surface area contributed by atoms with Crippen LogP contribution < -0.4 is 0 Å². The van der Waals surface area contributed by atoms with Crippen LogP contribution in [-0.4, -0.2) is 115 Å². The van der Waals surface area contributed by atoms with Crippen LogP contribution in [0.3, 0.4) is 0 Å². The van der Waals surface area contributed by atoms with E-state index in [2.05, 4.69) is 0 Å². The van der Waals surface area contributed by atoms with E-state index in [1.807, 2.05) is 0 Å². The molecule has 5 heteroatoms. The molecule has 0 rings (SSSR count). The fourth-order valence-electron chi connectivity index (χ4n) is 0. The monoisotopic (exact) mass is 210 g/mol. The van der Waals surface area contributed by atoms with Crippen molar-refractivity contribution in [2.45, 2.75) is 0 Å². The van der Waals surface area contributed by atoms with Crippen molar-refractivity contribution in [3.63, 3.8) is 0 Å². The summed E-state index contributed by atoms with van der Waals surface area (Å²) in [5.41, 5.74) is 0. The predicted octanol–water partition coefficient (Wildman–Crippen LogP) is -4.89. The maximum atomic E-state index is 0. The minimum absolute atomic E-state index is 0. The van der Waals surface area contributed by atoms with Gasteiger partial charge < -0.3 is 2.85 Å². The Morgan fingerprint density at radius 2 is 0.600 bits per heavy atom. The standard InChI is InChI=1S/4Al.Sr.14H/q;;;;+2;;;;;;;;;;;;;2*-1. The molecular weight excluding hydrogens is 196 g/mol. The molecule has 0 saturated carbocycles. The summed E-state index contributed by atoms with van der Waals surface area (Å²) in [5, 5.41) is 0. The Bertz CT molecular complexity index is 9.65. The number of hydrogen-bond acceptors (Lipinski definition) is 0. The molecule has 0 amide bonds. The van der Waals surface area contributed by atoms with E-state index in [0.717, 1.165) is 0 Å². The molecule has 0 aromatic rings. The average molecular weight is 210 g/mol. The zero-order chi connectivity index (χ0) is 0. The van der Waals surface area contributed by atoms with E-state index in [1.54, 1.807) is 0 Å². The van der Waals surface area contributed by atoms with Crippen molar-refractivity contribution >= 4 is 115 Å². The van der Waals surface area contributed by atoms with Gasteiger partial charge in [0, 0.05) is 0 Å². The van der Waals surface area contributed by atoms with E-state index in [9.17, 15) is 0 Å². The Morgan fingerprint density at radius 3 is 0.600 bits per heavy atom. The third-order valence-electron chi connectivity index (χ3n) is 0. The first-order chi connectivity index (χ1) is 0. The van der Waals surface area contributed by atoms with Gasteiger partial charge in [-0.15, -0.1) is 0 Å². The Balaban J connectivity index is 0. The van der Waals surface area contributed by atoms with Crippen molar-refractivity contribution in [1.82, 2.24) is 0 Å². The zero-order valence-corrected chi connectivity index (χ0v) is 4.18. The molecule has 0 fully saturated rings. The van der Waals surface area contributed by atoms with Crippen LogP contribution in [-0.2, 0) is 0 Å². The summed E-state index contributed by atoms with van der Waals surface area (Å²) in [6.07, 6.45) is 0. The minimum atomic E-state index is 0. The minimum Gasteiger partial charge on any atom is -1.00 e. The van der Waals surface area contributed by atoms with Crippen molar-refractivity contribution in [1.29, 1.82) is 0 Å². The third-order valence-corrected chi connectivity index (χ3v) is 0. The quantitative estimate of drug-likeness (QED) is 0.351. The number of hydrogen-bond donors (Lipinski definition) is 0. The van der Waals surface area contributed by atoms with Gasteiger partial charge in [-0.3, -0.25) is 0 Å². The summed E-state index contributed by atoms with van der Waals surface area (Å²) in [6.45, 7) is 0. The van der Waals surface area contributed by atoms with Crippen LogP contribution in [0.15, 0.2) is 0 Å².